The van der Waals surface area contributed by atoms with Crippen molar-refractivity contribution >= 4 is 5.78 Å². The number of hydrogen-bond donors (Lipinski definition) is 2. The van der Waals surface area contributed by atoms with Crippen LogP contribution in [0.1, 0.15) is 88.4 Å². The molecule has 1 aromatic rings. The fourth-order valence-corrected chi connectivity index (χ4v) is 10.8. The molecule has 38 heavy (non-hydrogen) atoms. The van der Waals surface area contributed by atoms with Crippen molar-refractivity contribution in [1.29, 1.82) is 0 Å². The highest BCUT2D eigenvalue weighted by Gasteiger charge is 2.74. The van der Waals surface area contributed by atoms with E-state index in [1.165, 1.54) is 19.3 Å². The minimum Gasteiger partial charge on any atom is -0.393 e. The van der Waals surface area contributed by atoms with Gasteiger partial charge in [0, 0.05) is 33.9 Å². The van der Waals surface area contributed by atoms with Crippen LogP contribution >= 0.6 is 0 Å². The van der Waals surface area contributed by atoms with Gasteiger partial charge in [-0.15, -0.1) is 0 Å². The third-order valence-corrected chi connectivity index (χ3v) is 12.9. The van der Waals surface area contributed by atoms with Crippen LogP contribution in [0.3, 0.4) is 0 Å². The lowest BCUT2D eigenvalue weighted by atomic mass is 9.32. The van der Waals surface area contributed by atoms with E-state index in [4.69, 9.17) is 0 Å². The topological polar surface area (TPSA) is 60.8 Å². The van der Waals surface area contributed by atoms with Gasteiger partial charge in [0.2, 0.25) is 0 Å². The average Bonchev–Trinajstić information content (AvgIpc) is 3.19. The first-order valence-electron chi connectivity index (χ1n) is 15.3. The van der Waals surface area contributed by atoms with E-state index in [0.29, 0.717) is 12.3 Å². The maximum atomic E-state index is 14.4. The standard InChI is InChI=1S/C34H45NO3/c1-30-14-11-25(36)21-32(30)17-18-34(26(22-32)29(37)24-9-5-3-6-10-24)27(30)12-15-31(2)28(34)13-16-33(31,38)23-35-19-7-4-8-20-35/h3,5-6,9-10,17-18,22,25,27-28,36,38H,4,7-8,11-16,19-21,23H2,1-2H3/t25?,27-,28-,30-,31+,32+,33-,34-/m1/s1. The number of fused-ring (bicyclic) bond motifs is 1. The van der Waals surface area contributed by atoms with E-state index in [0.717, 1.165) is 69.3 Å². The molecule has 8 rings (SSSR count). The van der Waals surface area contributed by atoms with Gasteiger partial charge in [0.1, 0.15) is 0 Å². The number of carbonyl (C=O) groups excluding carboxylic acids is 1. The van der Waals surface area contributed by atoms with Gasteiger partial charge in [0.25, 0.3) is 0 Å². The summed E-state index contributed by atoms with van der Waals surface area (Å²) in [4.78, 5) is 16.9. The van der Waals surface area contributed by atoms with E-state index < -0.39 is 5.60 Å². The van der Waals surface area contributed by atoms with Crippen LogP contribution in [0, 0.1) is 33.5 Å². The van der Waals surface area contributed by atoms with E-state index >= 15 is 0 Å². The minimum atomic E-state index is -0.723. The van der Waals surface area contributed by atoms with E-state index in [-0.39, 0.29) is 39.5 Å². The maximum Gasteiger partial charge on any atom is 0.189 e. The Hall–Kier alpha value is -1.75. The summed E-state index contributed by atoms with van der Waals surface area (Å²) in [5, 5.41) is 23.3. The molecule has 2 bridgehead atoms. The molecule has 4 fully saturated rings. The van der Waals surface area contributed by atoms with Crippen LogP contribution in [0.4, 0.5) is 0 Å². The first kappa shape index (κ1) is 25.2. The fraction of sp³-hybridized carbons (Fsp3) is 0.676. The summed E-state index contributed by atoms with van der Waals surface area (Å²) in [6.07, 6.45) is 17.0. The Balaban J connectivity index is 1.36. The molecular formula is C34H45NO3. The van der Waals surface area contributed by atoms with E-state index in [2.05, 4.69) is 37.0 Å². The molecule has 1 saturated heterocycles. The molecule has 7 aliphatic rings. The van der Waals surface area contributed by atoms with Gasteiger partial charge in [-0.3, -0.25) is 4.79 Å². The quantitative estimate of drug-likeness (QED) is 0.385. The molecule has 6 aliphatic carbocycles. The number of aliphatic hydroxyl groups is 2. The average molecular weight is 516 g/mol. The Morgan fingerprint density at radius 1 is 0.921 bits per heavy atom. The van der Waals surface area contributed by atoms with Gasteiger partial charge in [-0.2, -0.15) is 0 Å². The van der Waals surface area contributed by atoms with E-state index in [9.17, 15) is 15.0 Å². The molecule has 2 spiro atoms. The SMILES string of the molecule is C[C@]12CC[C@H]3[C@]4(C=C[C@@]5(C=C4C(=O)c4ccccc4)CC(O)CC[C@]35C)[C@@H]1CC[C@@]2(O)CN1CCCCC1. The van der Waals surface area contributed by atoms with Gasteiger partial charge in [0.05, 0.1) is 11.7 Å². The Kier molecular flexibility index (Phi) is 5.56. The lowest BCUT2D eigenvalue weighted by Crippen LogP contribution is -2.67. The van der Waals surface area contributed by atoms with Crippen LogP contribution in [0.5, 0.6) is 0 Å². The molecule has 1 aromatic carbocycles. The summed E-state index contributed by atoms with van der Waals surface area (Å²) in [7, 11) is 0. The van der Waals surface area contributed by atoms with Crippen LogP contribution < -0.4 is 0 Å². The lowest BCUT2D eigenvalue weighted by molar-refractivity contribution is -0.176. The fourth-order valence-electron chi connectivity index (χ4n) is 10.8. The van der Waals surface area contributed by atoms with E-state index in [1.807, 2.05) is 30.3 Å². The number of likely N-dealkylation sites (tertiary alicyclic amines) is 1. The van der Waals surface area contributed by atoms with Gasteiger partial charge in [-0.25, -0.2) is 0 Å². The van der Waals surface area contributed by atoms with Gasteiger partial charge >= 0.3 is 0 Å². The lowest BCUT2D eigenvalue weighted by Gasteiger charge is -2.71. The molecule has 1 heterocycles. The van der Waals surface area contributed by atoms with Crippen molar-refractivity contribution in [2.24, 2.45) is 33.5 Å². The van der Waals surface area contributed by atoms with Crippen molar-refractivity contribution in [3.63, 3.8) is 0 Å². The van der Waals surface area contributed by atoms with Gasteiger partial charge in [0.15, 0.2) is 5.78 Å². The van der Waals surface area contributed by atoms with Crippen molar-refractivity contribution in [2.75, 3.05) is 19.6 Å². The predicted molar refractivity (Wildman–Crippen MR) is 150 cm³/mol. The summed E-state index contributed by atoms with van der Waals surface area (Å²) in [6.45, 7) is 7.78. The third kappa shape index (κ3) is 3.12. The normalized spacial score (nSPS) is 47.7. The van der Waals surface area contributed by atoms with Crippen molar-refractivity contribution in [3.05, 3.63) is 59.7 Å². The number of hydrogen-bond acceptors (Lipinski definition) is 4. The van der Waals surface area contributed by atoms with E-state index in [1.54, 1.807) is 0 Å². The second-order valence-electron chi connectivity index (χ2n) is 14.3. The monoisotopic (exact) mass is 515 g/mol. The number of piperidine rings is 1. The maximum absolute atomic E-state index is 14.4. The number of nitrogens with zero attached hydrogens (tertiary/aromatic N) is 1. The first-order chi connectivity index (χ1) is 18.2. The molecule has 0 aromatic heterocycles. The number of β-amino-alcohol motifs (C(OH)–C–C–N with tert-alkyl or cyclic N) is 1. The molecule has 204 valence electrons. The molecule has 0 radical (unpaired) electrons. The second-order valence-corrected chi connectivity index (χ2v) is 14.3. The Morgan fingerprint density at radius 3 is 2.37 bits per heavy atom. The number of benzene rings is 1. The molecule has 1 aliphatic heterocycles. The number of allylic oxidation sites excluding steroid dienone is 4. The summed E-state index contributed by atoms with van der Waals surface area (Å²) in [5.41, 5.74) is 0.161. The van der Waals surface area contributed by atoms with Gasteiger partial charge < -0.3 is 15.1 Å². The number of carbonyl (C=O) groups is 1. The molecular weight excluding hydrogens is 470 g/mol. The Bertz CT molecular complexity index is 1190. The summed E-state index contributed by atoms with van der Waals surface area (Å²) < 4.78 is 0. The van der Waals surface area contributed by atoms with Crippen LogP contribution in [-0.2, 0) is 0 Å². The minimum absolute atomic E-state index is 0.0242. The number of rotatable bonds is 4. The second kappa shape index (κ2) is 8.38. The zero-order valence-corrected chi connectivity index (χ0v) is 23.3. The van der Waals surface area contributed by atoms with Crippen LogP contribution in [0.15, 0.2) is 54.1 Å². The van der Waals surface area contributed by atoms with Crippen LogP contribution in [0.2, 0.25) is 0 Å². The zero-order chi connectivity index (χ0) is 26.4. The first-order valence-corrected chi connectivity index (χ1v) is 15.3. The Labute approximate surface area is 228 Å². The number of aliphatic hydroxyl groups excluding tert-OH is 1. The Morgan fingerprint density at radius 2 is 1.61 bits per heavy atom. The van der Waals surface area contributed by atoms with Crippen molar-refractivity contribution < 1.29 is 15.0 Å². The number of Topliss-reactive ketones (excluding diaryl/α,β-unsaturated/α-hetero) is 1. The van der Waals surface area contributed by atoms with Crippen LogP contribution in [-0.4, -0.2) is 52.2 Å². The highest BCUT2D eigenvalue weighted by molar-refractivity contribution is 6.10. The zero-order valence-electron chi connectivity index (χ0n) is 23.3. The molecule has 4 nitrogen and oxygen atoms in total. The van der Waals surface area contributed by atoms with Crippen molar-refractivity contribution in [1.82, 2.24) is 4.90 Å². The summed E-state index contributed by atoms with van der Waals surface area (Å²) >= 11 is 0. The largest absolute Gasteiger partial charge is 0.393 e. The molecule has 1 unspecified atom stereocenters. The van der Waals surface area contributed by atoms with Crippen LogP contribution in [0.25, 0.3) is 0 Å². The van der Waals surface area contributed by atoms with Crippen molar-refractivity contribution in [3.8, 4) is 0 Å². The molecule has 4 heteroatoms. The summed E-state index contributed by atoms with van der Waals surface area (Å²) in [6, 6.07) is 9.81. The number of ketones is 1. The highest BCUT2D eigenvalue weighted by Crippen LogP contribution is 2.78. The van der Waals surface area contributed by atoms with Crippen molar-refractivity contribution in [2.45, 2.75) is 89.8 Å². The van der Waals surface area contributed by atoms with Gasteiger partial charge in [-0.1, -0.05) is 68.8 Å². The molecule has 0 amide bonds. The molecule has 8 atom stereocenters. The predicted octanol–water partition coefficient (Wildman–Crippen LogP) is 5.95. The molecule has 3 saturated carbocycles. The molecule has 2 N–H and O–H groups in total. The summed E-state index contributed by atoms with van der Waals surface area (Å²) in [5.74, 6) is 0.744. The third-order valence-electron chi connectivity index (χ3n) is 12.9. The van der Waals surface area contributed by atoms with Gasteiger partial charge in [-0.05, 0) is 88.1 Å². The highest BCUT2D eigenvalue weighted by atomic mass is 16.3. The smallest absolute Gasteiger partial charge is 0.189 e.